The van der Waals surface area contributed by atoms with Crippen LogP contribution in [-0.4, -0.2) is 109 Å². The maximum absolute atomic E-state index is 13.4. The number of pyridine rings is 1. The fourth-order valence-corrected chi connectivity index (χ4v) is 9.81. The Labute approximate surface area is 393 Å². The molecule has 0 spiro atoms. The minimum Gasteiger partial charge on any atom is -0.489 e. The summed E-state index contributed by atoms with van der Waals surface area (Å²) in [5, 5.41) is 30.7. The van der Waals surface area contributed by atoms with Gasteiger partial charge in [-0.05, 0) is 74.1 Å². The van der Waals surface area contributed by atoms with Crippen LogP contribution < -0.4 is 29.9 Å². The Bertz CT molecular complexity index is 2420. The summed E-state index contributed by atoms with van der Waals surface area (Å²) >= 11 is 6.25. The third-order valence-corrected chi connectivity index (χ3v) is 13.3. The normalized spacial score (nSPS) is 18.6. The van der Waals surface area contributed by atoms with Crippen LogP contribution in [0.2, 0.25) is 5.02 Å². The molecular formula is C50H64ClN9O6. The number of ether oxygens (including phenoxy) is 4. The highest BCUT2D eigenvalue weighted by atomic mass is 35.5. The van der Waals surface area contributed by atoms with Gasteiger partial charge in [-0.3, -0.25) is 4.79 Å². The highest BCUT2D eigenvalue weighted by molar-refractivity contribution is 6.31. The van der Waals surface area contributed by atoms with Crippen LogP contribution in [0.4, 0.5) is 17.3 Å². The van der Waals surface area contributed by atoms with E-state index in [4.69, 9.17) is 35.5 Å². The molecule has 1 saturated heterocycles. The van der Waals surface area contributed by atoms with E-state index in [2.05, 4.69) is 77.3 Å². The molecular weight excluding hydrogens is 858 g/mol. The first-order valence-electron chi connectivity index (χ1n) is 23.0. The van der Waals surface area contributed by atoms with E-state index in [-0.39, 0.29) is 41.5 Å². The monoisotopic (exact) mass is 921 g/mol. The Morgan fingerprint density at radius 1 is 0.985 bits per heavy atom. The molecule has 0 radical (unpaired) electrons. The van der Waals surface area contributed by atoms with Crippen molar-refractivity contribution in [3.63, 3.8) is 0 Å². The zero-order valence-electron chi connectivity index (χ0n) is 39.1. The Morgan fingerprint density at radius 2 is 1.74 bits per heavy atom. The number of hydrogen-bond donors (Lipinski definition) is 3. The van der Waals surface area contributed by atoms with E-state index in [1.165, 1.54) is 6.42 Å². The van der Waals surface area contributed by atoms with Gasteiger partial charge in [-0.15, -0.1) is 0 Å². The fraction of sp³-hybridized carbons (Fsp3) is 0.500. The summed E-state index contributed by atoms with van der Waals surface area (Å²) in [6.45, 7) is 15.0. The van der Waals surface area contributed by atoms with Crippen LogP contribution >= 0.6 is 11.6 Å². The number of amides is 1. The molecule has 352 valence electrons. The number of aryl methyl sites for hydroxylation is 1. The number of hydrogen-bond acceptors (Lipinski definition) is 13. The molecule has 1 aliphatic heterocycles. The van der Waals surface area contributed by atoms with Crippen molar-refractivity contribution in [3.05, 3.63) is 100 Å². The van der Waals surface area contributed by atoms with Crippen LogP contribution in [0.15, 0.2) is 73.1 Å². The summed E-state index contributed by atoms with van der Waals surface area (Å²) in [4.78, 5) is 27.4. The first-order chi connectivity index (χ1) is 31.8. The van der Waals surface area contributed by atoms with E-state index in [0.717, 1.165) is 66.3 Å². The molecule has 1 aliphatic carbocycles. The largest absolute Gasteiger partial charge is 0.489 e. The van der Waals surface area contributed by atoms with Crippen molar-refractivity contribution in [2.75, 3.05) is 74.9 Å². The quantitative estimate of drug-likeness (QED) is 0.0577. The summed E-state index contributed by atoms with van der Waals surface area (Å²) in [7, 11) is 1.99. The predicted molar refractivity (Wildman–Crippen MR) is 257 cm³/mol. The van der Waals surface area contributed by atoms with Gasteiger partial charge in [0.05, 0.1) is 43.2 Å². The number of likely N-dealkylation sites (N-methyl/N-ethyl adjacent to an activating group) is 1. The molecule has 1 atom stereocenters. The van der Waals surface area contributed by atoms with Crippen LogP contribution in [0.25, 0.3) is 5.65 Å². The van der Waals surface area contributed by atoms with Gasteiger partial charge in [-0.25, -0.2) is 9.97 Å². The number of nitrogens with zero attached hydrogens (tertiary/aromatic N) is 7. The number of carbonyl (C=O) groups is 1. The number of rotatable bonds is 22. The van der Waals surface area contributed by atoms with E-state index in [1.54, 1.807) is 18.2 Å². The average Bonchev–Trinajstić information content (AvgIpc) is 3.75. The van der Waals surface area contributed by atoms with Gasteiger partial charge in [0.15, 0.2) is 5.65 Å². The van der Waals surface area contributed by atoms with E-state index >= 15 is 0 Å². The number of aromatic nitrogens is 4. The average molecular weight is 923 g/mol. The summed E-state index contributed by atoms with van der Waals surface area (Å²) in [5.41, 5.74) is 4.20. The Balaban J connectivity index is 0.776. The molecule has 15 nitrogen and oxygen atoms in total. The van der Waals surface area contributed by atoms with Gasteiger partial charge in [0.2, 0.25) is 5.88 Å². The number of carbonyl (C=O) groups excluding carboxylic acids is 1. The van der Waals surface area contributed by atoms with E-state index < -0.39 is 0 Å². The zero-order valence-corrected chi connectivity index (χ0v) is 39.8. The number of nitrogens with one attached hydrogen (secondary N) is 2. The lowest BCUT2D eigenvalue weighted by Crippen LogP contribution is -2.74. The number of piperidine rings is 1. The molecule has 2 fully saturated rings. The summed E-state index contributed by atoms with van der Waals surface area (Å²) in [5.74, 6) is 2.77. The molecule has 7 rings (SSSR count). The van der Waals surface area contributed by atoms with Crippen LogP contribution in [0.5, 0.6) is 11.6 Å². The zero-order chi connectivity index (χ0) is 46.8. The molecule has 1 saturated carbocycles. The van der Waals surface area contributed by atoms with Gasteiger partial charge in [0, 0.05) is 97.4 Å². The topological polar surface area (TPSA) is 172 Å². The standard InChI is InChI=1S/C50H64ClN9O6/c1-7-35-33-55-60-42(29-43(56-45(35)60)59-20-9-8-10-39(59)19-22-61)53-31-34-11-18-44(54-32-34)65-27-26-64-25-24-63-23-21-58(6)38-15-12-36(13-16-38)46(62)57-47-49(2,3)48(50(47,4)5)66-40-17-14-37(30-52)41(51)28-40/h11-18,28-29,32-33,39,47-48,53,61H,7-10,19-27,31H2,1-6H3,(H,57,62)/t39-,47?,48?/m0/s1. The number of anilines is 3. The van der Waals surface area contributed by atoms with Crippen molar-refractivity contribution in [2.45, 2.75) is 91.5 Å². The highest BCUT2D eigenvalue weighted by Gasteiger charge is 2.64. The van der Waals surface area contributed by atoms with Crippen molar-refractivity contribution in [1.82, 2.24) is 24.9 Å². The number of fused-ring (bicyclic) bond motifs is 1. The van der Waals surface area contributed by atoms with Crippen molar-refractivity contribution in [3.8, 4) is 17.7 Å². The van der Waals surface area contributed by atoms with Crippen LogP contribution in [0.3, 0.4) is 0 Å². The number of nitriles is 1. The number of halogens is 1. The van der Waals surface area contributed by atoms with Crippen molar-refractivity contribution in [1.29, 1.82) is 5.26 Å². The molecule has 16 heteroatoms. The molecule has 2 aliphatic rings. The van der Waals surface area contributed by atoms with Crippen LogP contribution in [0, 0.1) is 22.2 Å². The Morgan fingerprint density at radius 3 is 2.44 bits per heavy atom. The molecule has 3 aromatic heterocycles. The highest BCUT2D eigenvalue weighted by Crippen LogP contribution is 2.55. The van der Waals surface area contributed by atoms with Gasteiger partial charge in [-0.2, -0.15) is 14.9 Å². The number of aliphatic hydroxyl groups is 1. The minimum absolute atomic E-state index is 0.132. The van der Waals surface area contributed by atoms with Crippen molar-refractivity contribution >= 4 is 40.5 Å². The first-order valence-corrected chi connectivity index (χ1v) is 23.4. The van der Waals surface area contributed by atoms with Gasteiger partial charge in [-0.1, -0.05) is 52.3 Å². The second kappa shape index (κ2) is 21.8. The summed E-state index contributed by atoms with van der Waals surface area (Å²) in [6.07, 6.45) is 8.42. The van der Waals surface area contributed by atoms with Gasteiger partial charge in [0.1, 0.15) is 36.2 Å². The second-order valence-electron chi connectivity index (χ2n) is 18.3. The van der Waals surface area contributed by atoms with Crippen LogP contribution in [-0.2, 0) is 22.4 Å². The van der Waals surface area contributed by atoms with Crippen molar-refractivity contribution in [2.24, 2.45) is 10.8 Å². The van der Waals surface area contributed by atoms with Crippen LogP contribution in [0.1, 0.15) is 87.4 Å². The molecule has 66 heavy (non-hydrogen) atoms. The SMILES string of the molecule is CCc1cnn2c(NCc3ccc(OCCOCCOCCN(C)c4ccc(C(=O)NC5C(C)(C)C(Oc6ccc(C#N)c(Cl)c6)C5(C)C)cc4)nc3)cc(N3CCCC[C@H]3CCO)nc12. The summed E-state index contributed by atoms with van der Waals surface area (Å²) in [6, 6.07) is 20.8. The van der Waals surface area contributed by atoms with E-state index in [1.807, 2.05) is 60.4 Å². The maximum atomic E-state index is 13.4. The lowest BCUT2D eigenvalue weighted by atomic mass is 9.49. The molecule has 0 unspecified atom stereocenters. The Kier molecular flexibility index (Phi) is 15.9. The first kappa shape index (κ1) is 48.3. The summed E-state index contributed by atoms with van der Waals surface area (Å²) < 4.78 is 25.6. The lowest BCUT2D eigenvalue weighted by molar-refractivity contribution is -0.164. The minimum atomic E-state index is -0.356. The van der Waals surface area contributed by atoms with Crippen molar-refractivity contribution < 1.29 is 28.8 Å². The molecule has 5 aromatic rings. The third-order valence-electron chi connectivity index (χ3n) is 13.0. The number of benzene rings is 2. The molecule has 1 amide bonds. The van der Waals surface area contributed by atoms with Gasteiger partial charge >= 0.3 is 0 Å². The predicted octanol–water partition coefficient (Wildman–Crippen LogP) is 7.73. The lowest BCUT2D eigenvalue weighted by Gasteiger charge is -2.63. The smallest absolute Gasteiger partial charge is 0.251 e. The third kappa shape index (κ3) is 11.1. The second-order valence-corrected chi connectivity index (χ2v) is 18.7. The van der Waals surface area contributed by atoms with E-state index in [0.29, 0.717) is 73.9 Å². The van der Waals surface area contributed by atoms with E-state index in [9.17, 15) is 15.2 Å². The molecule has 2 aromatic carbocycles. The number of aliphatic hydroxyl groups excluding tert-OH is 1. The van der Waals surface area contributed by atoms with Gasteiger partial charge < -0.3 is 44.5 Å². The maximum Gasteiger partial charge on any atom is 0.251 e. The molecule has 3 N–H and O–H groups in total. The van der Waals surface area contributed by atoms with Gasteiger partial charge in [0.25, 0.3) is 5.91 Å². The molecule has 4 heterocycles. The molecule has 0 bridgehead atoms. The fourth-order valence-electron chi connectivity index (χ4n) is 9.60. The Hall–Kier alpha value is -5.66.